The summed E-state index contributed by atoms with van der Waals surface area (Å²) in [4.78, 5) is 0.273. The molecule has 0 bridgehead atoms. The molecule has 1 aliphatic heterocycles. The summed E-state index contributed by atoms with van der Waals surface area (Å²) in [5.41, 5.74) is 0.959. The van der Waals surface area contributed by atoms with Crippen molar-refractivity contribution in [1.82, 2.24) is 23.9 Å². The first-order valence-electron chi connectivity index (χ1n) is 8.05. The van der Waals surface area contributed by atoms with Gasteiger partial charge in [-0.1, -0.05) is 12.8 Å². The highest BCUT2D eigenvalue weighted by molar-refractivity contribution is 7.89. The molecule has 0 radical (unpaired) electrons. The van der Waals surface area contributed by atoms with Crippen molar-refractivity contribution < 1.29 is 8.42 Å². The number of aryl methyl sites for hydroxylation is 2. The third kappa shape index (κ3) is 3.18. The number of nitrogens with zero attached hydrogens (tertiary/aromatic N) is 5. The molecule has 0 spiro atoms. The van der Waals surface area contributed by atoms with Crippen LogP contribution < -0.4 is 0 Å². The van der Waals surface area contributed by atoms with E-state index in [4.69, 9.17) is 0 Å². The molecule has 1 saturated heterocycles. The van der Waals surface area contributed by atoms with Gasteiger partial charge in [0.2, 0.25) is 10.0 Å². The zero-order valence-corrected chi connectivity index (χ0v) is 14.4. The van der Waals surface area contributed by atoms with Gasteiger partial charge in [0, 0.05) is 38.1 Å². The van der Waals surface area contributed by atoms with Gasteiger partial charge in [-0.05, 0) is 19.8 Å². The average molecular weight is 337 g/mol. The van der Waals surface area contributed by atoms with Crippen molar-refractivity contribution in [2.75, 3.05) is 6.54 Å². The van der Waals surface area contributed by atoms with Crippen LogP contribution in [-0.4, -0.2) is 38.8 Å². The molecule has 2 aromatic rings. The minimum atomic E-state index is -3.55. The lowest BCUT2D eigenvalue weighted by molar-refractivity contribution is 0.329. The molecular formula is C15H23N5O2S. The van der Waals surface area contributed by atoms with Crippen LogP contribution in [0.25, 0.3) is 0 Å². The Morgan fingerprint density at radius 3 is 2.65 bits per heavy atom. The fourth-order valence-corrected chi connectivity index (χ4v) is 4.74. The summed E-state index contributed by atoms with van der Waals surface area (Å²) >= 11 is 0. The van der Waals surface area contributed by atoms with E-state index in [2.05, 4.69) is 10.2 Å². The highest BCUT2D eigenvalue weighted by Gasteiger charge is 2.34. The van der Waals surface area contributed by atoms with E-state index in [0.29, 0.717) is 13.1 Å². The van der Waals surface area contributed by atoms with Gasteiger partial charge in [-0.15, -0.1) is 0 Å². The Labute approximate surface area is 137 Å². The summed E-state index contributed by atoms with van der Waals surface area (Å²) in [5.74, 6) is 0. The largest absolute Gasteiger partial charge is 0.275 e. The molecule has 1 fully saturated rings. The van der Waals surface area contributed by atoms with Gasteiger partial charge in [0.1, 0.15) is 4.90 Å². The number of aromatic nitrogens is 4. The third-order valence-electron chi connectivity index (χ3n) is 4.35. The summed E-state index contributed by atoms with van der Waals surface area (Å²) in [6.45, 7) is 3.13. The van der Waals surface area contributed by atoms with Crippen LogP contribution in [0.3, 0.4) is 0 Å². The van der Waals surface area contributed by atoms with Crippen LogP contribution in [-0.2, 0) is 23.6 Å². The van der Waals surface area contributed by atoms with Crippen molar-refractivity contribution in [3.05, 3.63) is 30.4 Å². The molecule has 126 valence electrons. The molecule has 0 unspecified atom stereocenters. The molecule has 2 aromatic heterocycles. The quantitative estimate of drug-likeness (QED) is 0.855. The molecule has 0 aromatic carbocycles. The highest BCUT2D eigenvalue weighted by atomic mass is 32.2. The first kappa shape index (κ1) is 16.2. The summed E-state index contributed by atoms with van der Waals surface area (Å²) in [5, 5.41) is 8.32. The van der Waals surface area contributed by atoms with E-state index >= 15 is 0 Å². The van der Waals surface area contributed by atoms with Crippen LogP contribution in [0.1, 0.15) is 44.2 Å². The van der Waals surface area contributed by atoms with Crippen LogP contribution in [0.15, 0.2) is 29.7 Å². The summed E-state index contributed by atoms with van der Waals surface area (Å²) < 4.78 is 31.2. The van der Waals surface area contributed by atoms with Crippen LogP contribution in [0, 0.1) is 0 Å². The molecule has 3 heterocycles. The fourth-order valence-electron chi connectivity index (χ4n) is 3.10. The Balaban J connectivity index is 1.98. The molecule has 23 heavy (non-hydrogen) atoms. The Hall–Kier alpha value is -1.67. The molecule has 1 atom stereocenters. The lowest BCUT2D eigenvalue weighted by atomic mass is 10.1. The number of hydrogen-bond donors (Lipinski definition) is 0. The average Bonchev–Trinajstić information content (AvgIpc) is 3.10. The van der Waals surface area contributed by atoms with Gasteiger partial charge >= 0.3 is 0 Å². The van der Waals surface area contributed by atoms with E-state index < -0.39 is 10.0 Å². The molecule has 8 heteroatoms. The maximum absolute atomic E-state index is 13.1. The van der Waals surface area contributed by atoms with Crippen LogP contribution in [0.5, 0.6) is 0 Å². The van der Waals surface area contributed by atoms with Crippen LogP contribution >= 0.6 is 0 Å². The van der Waals surface area contributed by atoms with Gasteiger partial charge in [0.15, 0.2) is 0 Å². The second-order valence-corrected chi connectivity index (χ2v) is 7.85. The normalized spacial score (nSPS) is 20.5. The van der Waals surface area contributed by atoms with E-state index in [0.717, 1.165) is 31.2 Å². The number of hydrogen-bond acceptors (Lipinski definition) is 4. The molecule has 0 aliphatic carbocycles. The molecule has 0 amide bonds. The maximum atomic E-state index is 13.1. The van der Waals surface area contributed by atoms with E-state index in [1.54, 1.807) is 26.1 Å². The fraction of sp³-hybridized carbons (Fsp3) is 0.600. The van der Waals surface area contributed by atoms with Crippen molar-refractivity contribution in [2.45, 2.75) is 50.1 Å². The maximum Gasteiger partial charge on any atom is 0.246 e. The summed E-state index contributed by atoms with van der Waals surface area (Å²) in [6, 6.07) is -0.152. The summed E-state index contributed by atoms with van der Waals surface area (Å²) in [7, 11) is -1.70. The second kappa shape index (κ2) is 6.45. The van der Waals surface area contributed by atoms with Gasteiger partial charge in [-0.25, -0.2) is 8.42 Å². The lowest BCUT2D eigenvalue weighted by Gasteiger charge is -2.27. The van der Waals surface area contributed by atoms with Crippen LogP contribution in [0.4, 0.5) is 0 Å². The van der Waals surface area contributed by atoms with Crippen molar-refractivity contribution in [1.29, 1.82) is 0 Å². The van der Waals surface area contributed by atoms with Gasteiger partial charge in [-0.3, -0.25) is 9.36 Å². The SMILES string of the molecule is CCn1cc(S(=O)(=O)N2CCCCC[C@@H]2c2cnn(C)c2)cn1. The predicted octanol–water partition coefficient (Wildman–Crippen LogP) is 1.94. The minimum Gasteiger partial charge on any atom is -0.275 e. The Morgan fingerprint density at radius 2 is 2.00 bits per heavy atom. The van der Waals surface area contributed by atoms with E-state index in [9.17, 15) is 8.42 Å². The van der Waals surface area contributed by atoms with Gasteiger partial charge in [-0.2, -0.15) is 14.5 Å². The molecule has 0 saturated carbocycles. The summed E-state index contributed by atoms with van der Waals surface area (Å²) in [6.07, 6.45) is 10.5. The zero-order valence-electron chi connectivity index (χ0n) is 13.6. The Bertz CT molecular complexity index is 764. The molecule has 1 aliphatic rings. The van der Waals surface area contributed by atoms with Gasteiger partial charge < -0.3 is 0 Å². The first-order valence-corrected chi connectivity index (χ1v) is 9.49. The zero-order chi connectivity index (χ0) is 16.4. The van der Waals surface area contributed by atoms with Crippen molar-refractivity contribution in [2.24, 2.45) is 7.05 Å². The number of rotatable bonds is 4. The molecular weight excluding hydrogens is 314 g/mol. The minimum absolute atomic E-state index is 0.152. The lowest BCUT2D eigenvalue weighted by Crippen LogP contribution is -2.34. The molecule has 3 rings (SSSR count). The van der Waals surface area contributed by atoms with E-state index in [-0.39, 0.29) is 10.9 Å². The second-order valence-electron chi connectivity index (χ2n) is 5.96. The Morgan fingerprint density at radius 1 is 1.17 bits per heavy atom. The first-order chi connectivity index (χ1) is 11.0. The van der Waals surface area contributed by atoms with Crippen molar-refractivity contribution in [3.8, 4) is 0 Å². The standard InChI is InChI=1S/C15H23N5O2S/c1-3-19-12-14(10-17-19)23(21,22)20-8-6-4-5-7-15(20)13-9-16-18(2)11-13/h9-12,15H,3-8H2,1-2H3/t15-/m1/s1. The molecule has 7 nitrogen and oxygen atoms in total. The van der Waals surface area contributed by atoms with Gasteiger partial charge in [0.05, 0.1) is 18.4 Å². The topological polar surface area (TPSA) is 73.0 Å². The van der Waals surface area contributed by atoms with Crippen LogP contribution in [0.2, 0.25) is 0 Å². The van der Waals surface area contributed by atoms with E-state index in [1.165, 1.54) is 6.20 Å². The van der Waals surface area contributed by atoms with Gasteiger partial charge in [0.25, 0.3) is 0 Å². The van der Waals surface area contributed by atoms with Crippen molar-refractivity contribution in [3.63, 3.8) is 0 Å². The molecule has 0 N–H and O–H groups in total. The smallest absolute Gasteiger partial charge is 0.246 e. The van der Waals surface area contributed by atoms with Crippen molar-refractivity contribution >= 4 is 10.0 Å². The third-order valence-corrected chi connectivity index (χ3v) is 6.21. The highest BCUT2D eigenvalue weighted by Crippen LogP contribution is 2.34. The number of sulfonamides is 1. The Kier molecular flexibility index (Phi) is 4.54. The predicted molar refractivity (Wildman–Crippen MR) is 86.2 cm³/mol. The monoisotopic (exact) mass is 337 g/mol. The van der Waals surface area contributed by atoms with E-state index in [1.807, 2.05) is 20.2 Å².